The molecule has 2 aromatic rings. The highest BCUT2D eigenvalue weighted by atomic mass is 16.4. The van der Waals surface area contributed by atoms with Gasteiger partial charge >= 0.3 is 5.97 Å². The molecule has 2 rings (SSSR count). The molecule has 0 aromatic carbocycles. The van der Waals surface area contributed by atoms with E-state index in [1.165, 1.54) is 10.5 Å². The molecule has 2 aromatic heterocycles. The molecule has 0 bridgehead atoms. The van der Waals surface area contributed by atoms with Crippen LogP contribution >= 0.6 is 0 Å². The molecule has 0 fully saturated rings. The second kappa shape index (κ2) is 4.97. The summed E-state index contributed by atoms with van der Waals surface area (Å²) in [4.78, 5) is 26.5. The molecule has 94 valence electrons. The Hall–Kier alpha value is -2.21. The molecule has 0 amide bonds. The van der Waals surface area contributed by atoms with Gasteiger partial charge in [0.25, 0.3) is 5.56 Å². The number of aromatic nitrogens is 2. The van der Waals surface area contributed by atoms with Gasteiger partial charge in [0.15, 0.2) is 0 Å². The Morgan fingerprint density at radius 3 is 3.00 bits per heavy atom. The van der Waals surface area contributed by atoms with Crippen LogP contribution in [0.15, 0.2) is 29.2 Å². The number of hydrogen-bond donors (Lipinski definition) is 2. The van der Waals surface area contributed by atoms with Gasteiger partial charge in [-0.05, 0) is 24.6 Å². The van der Waals surface area contributed by atoms with E-state index in [0.29, 0.717) is 11.3 Å². The van der Waals surface area contributed by atoms with E-state index in [-0.39, 0.29) is 18.6 Å². The van der Waals surface area contributed by atoms with Crippen molar-refractivity contribution in [2.45, 2.75) is 13.5 Å². The molecule has 2 N–H and O–H groups in total. The van der Waals surface area contributed by atoms with Crippen molar-refractivity contribution in [2.75, 3.05) is 6.54 Å². The molecule has 0 atom stereocenters. The number of nitrogens with one attached hydrogen (secondary N) is 1. The van der Waals surface area contributed by atoms with E-state index in [4.69, 9.17) is 5.11 Å². The second-order valence-electron chi connectivity index (χ2n) is 4.02. The monoisotopic (exact) mass is 247 g/mol. The van der Waals surface area contributed by atoms with Crippen LogP contribution < -0.4 is 10.9 Å². The first-order valence-corrected chi connectivity index (χ1v) is 5.48. The number of fused-ring (bicyclic) bond motifs is 1. The third kappa shape index (κ3) is 2.72. The van der Waals surface area contributed by atoms with E-state index in [2.05, 4.69) is 10.3 Å². The van der Waals surface area contributed by atoms with Crippen LogP contribution in [0.2, 0.25) is 0 Å². The van der Waals surface area contributed by atoms with E-state index in [0.717, 1.165) is 5.56 Å². The number of aryl methyl sites for hydroxylation is 1. The van der Waals surface area contributed by atoms with Crippen molar-refractivity contribution < 1.29 is 9.90 Å². The van der Waals surface area contributed by atoms with Crippen molar-refractivity contribution in [1.29, 1.82) is 0 Å². The third-order valence-corrected chi connectivity index (χ3v) is 2.46. The average Bonchev–Trinajstić information content (AvgIpc) is 2.27. The van der Waals surface area contributed by atoms with Gasteiger partial charge in [0.2, 0.25) is 0 Å². The number of pyridine rings is 1. The van der Waals surface area contributed by atoms with E-state index in [1.54, 1.807) is 6.20 Å². The first kappa shape index (κ1) is 12.3. The molecule has 0 unspecified atom stereocenters. The van der Waals surface area contributed by atoms with Crippen molar-refractivity contribution in [3.05, 3.63) is 46.0 Å². The number of rotatable bonds is 4. The number of hydrogen-bond acceptors (Lipinski definition) is 4. The Morgan fingerprint density at radius 2 is 2.28 bits per heavy atom. The standard InChI is InChI=1S/C12H13N3O3/c1-8-2-3-15-10(4-8)14-9(5-11(15)16)6-13-7-12(17)18/h2-5,13H,6-7H2,1H3,(H,17,18). The van der Waals surface area contributed by atoms with E-state index >= 15 is 0 Å². The Morgan fingerprint density at radius 1 is 1.50 bits per heavy atom. The van der Waals surface area contributed by atoms with Crippen LogP contribution in [0.25, 0.3) is 5.65 Å². The Labute approximate surface area is 103 Å². The highest BCUT2D eigenvalue weighted by molar-refractivity contribution is 5.68. The molecule has 0 saturated carbocycles. The number of aliphatic carboxylic acids is 1. The van der Waals surface area contributed by atoms with Gasteiger partial charge in [-0.25, -0.2) is 4.98 Å². The van der Waals surface area contributed by atoms with Gasteiger partial charge in [-0.15, -0.1) is 0 Å². The van der Waals surface area contributed by atoms with Crippen LogP contribution in [0.1, 0.15) is 11.3 Å². The predicted molar refractivity (Wildman–Crippen MR) is 65.5 cm³/mol. The molecule has 0 aliphatic carbocycles. The fourth-order valence-electron chi connectivity index (χ4n) is 1.64. The summed E-state index contributed by atoms with van der Waals surface area (Å²) in [5, 5.41) is 11.2. The Bertz CT molecular complexity index is 649. The van der Waals surface area contributed by atoms with Gasteiger partial charge in [-0.3, -0.25) is 14.0 Å². The lowest BCUT2D eigenvalue weighted by Crippen LogP contribution is -2.24. The van der Waals surface area contributed by atoms with Gasteiger partial charge in [0.05, 0.1) is 12.2 Å². The third-order valence-electron chi connectivity index (χ3n) is 2.46. The van der Waals surface area contributed by atoms with E-state index in [1.807, 2.05) is 19.1 Å². The van der Waals surface area contributed by atoms with Crippen LogP contribution in [0.5, 0.6) is 0 Å². The summed E-state index contributed by atoms with van der Waals surface area (Å²) in [5.74, 6) is -0.941. The van der Waals surface area contributed by atoms with Gasteiger partial charge in [0.1, 0.15) is 5.65 Å². The summed E-state index contributed by atoms with van der Waals surface area (Å²) in [6.45, 7) is 2.02. The molecular weight excluding hydrogens is 234 g/mol. The molecule has 0 radical (unpaired) electrons. The lowest BCUT2D eigenvalue weighted by Gasteiger charge is -2.05. The molecule has 6 heteroatoms. The highest BCUT2D eigenvalue weighted by Gasteiger charge is 2.03. The van der Waals surface area contributed by atoms with Gasteiger partial charge in [-0.1, -0.05) is 0 Å². The van der Waals surface area contributed by atoms with Crippen molar-refractivity contribution in [2.24, 2.45) is 0 Å². The summed E-state index contributed by atoms with van der Waals surface area (Å²) in [6, 6.07) is 5.04. The molecule has 0 saturated heterocycles. The van der Waals surface area contributed by atoms with Gasteiger partial charge < -0.3 is 10.4 Å². The Kier molecular flexibility index (Phi) is 3.38. The van der Waals surface area contributed by atoms with Crippen molar-refractivity contribution >= 4 is 11.6 Å². The van der Waals surface area contributed by atoms with Crippen LogP contribution in [-0.4, -0.2) is 27.0 Å². The minimum Gasteiger partial charge on any atom is -0.480 e. The molecule has 6 nitrogen and oxygen atoms in total. The molecular formula is C12H13N3O3. The van der Waals surface area contributed by atoms with Gasteiger partial charge in [0, 0.05) is 18.8 Å². The zero-order valence-corrected chi connectivity index (χ0v) is 9.88. The van der Waals surface area contributed by atoms with E-state index in [9.17, 15) is 9.59 Å². The summed E-state index contributed by atoms with van der Waals surface area (Å²) >= 11 is 0. The maximum absolute atomic E-state index is 11.8. The zero-order valence-electron chi connectivity index (χ0n) is 9.88. The number of carbonyl (C=O) groups is 1. The minimum absolute atomic E-state index is 0.158. The summed E-state index contributed by atoms with van der Waals surface area (Å²) < 4.78 is 1.45. The van der Waals surface area contributed by atoms with Crippen LogP contribution in [-0.2, 0) is 11.3 Å². The first-order chi connectivity index (χ1) is 8.56. The first-order valence-electron chi connectivity index (χ1n) is 5.48. The van der Waals surface area contributed by atoms with Crippen LogP contribution in [0, 0.1) is 6.92 Å². The molecule has 18 heavy (non-hydrogen) atoms. The summed E-state index contributed by atoms with van der Waals surface area (Å²) in [5.41, 5.74) is 1.94. The molecule has 0 spiro atoms. The van der Waals surface area contributed by atoms with E-state index < -0.39 is 5.97 Å². The normalized spacial score (nSPS) is 10.7. The fraction of sp³-hybridized carbons (Fsp3) is 0.250. The second-order valence-corrected chi connectivity index (χ2v) is 4.02. The minimum atomic E-state index is -0.941. The molecule has 0 aliphatic heterocycles. The number of nitrogens with zero attached hydrogens (tertiary/aromatic N) is 2. The Balaban J connectivity index is 2.30. The summed E-state index contributed by atoms with van der Waals surface area (Å²) in [7, 11) is 0. The average molecular weight is 247 g/mol. The lowest BCUT2D eigenvalue weighted by molar-refractivity contribution is -0.135. The molecule has 2 heterocycles. The maximum atomic E-state index is 11.8. The summed E-state index contributed by atoms with van der Waals surface area (Å²) in [6.07, 6.45) is 1.68. The van der Waals surface area contributed by atoms with Crippen LogP contribution in [0.3, 0.4) is 0 Å². The molecule has 0 aliphatic rings. The maximum Gasteiger partial charge on any atom is 0.317 e. The quantitative estimate of drug-likeness (QED) is 0.805. The fourth-order valence-corrected chi connectivity index (χ4v) is 1.64. The van der Waals surface area contributed by atoms with Crippen molar-refractivity contribution in [3.8, 4) is 0 Å². The van der Waals surface area contributed by atoms with Gasteiger partial charge in [-0.2, -0.15) is 0 Å². The van der Waals surface area contributed by atoms with Crippen molar-refractivity contribution in [3.63, 3.8) is 0 Å². The zero-order chi connectivity index (χ0) is 13.1. The van der Waals surface area contributed by atoms with Crippen molar-refractivity contribution in [1.82, 2.24) is 14.7 Å². The SMILES string of the molecule is Cc1ccn2c(=O)cc(CNCC(=O)O)nc2c1. The lowest BCUT2D eigenvalue weighted by atomic mass is 10.3. The van der Waals surface area contributed by atoms with Crippen LogP contribution in [0.4, 0.5) is 0 Å². The number of carboxylic acid groups (broad SMARTS) is 1. The highest BCUT2D eigenvalue weighted by Crippen LogP contribution is 2.02. The predicted octanol–water partition coefficient (Wildman–Crippen LogP) is 0.177. The topological polar surface area (TPSA) is 83.7 Å². The largest absolute Gasteiger partial charge is 0.480 e. The smallest absolute Gasteiger partial charge is 0.317 e. The number of carboxylic acids is 1.